The molecular weight excluding hydrogens is 511 g/mol. The Bertz CT molecular complexity index is 965. The minimum Gasteiger partial charge on any atom is -0.354 e. The monoisotopic (exact) mass is 544 g/mol. The van der Waals surface area contributed by atoms with Gasteiger partial charge in [0.2, 0.25) is 0 Å². The smallest absolute Gasteiger partial charge is 0.191 e. The number of guanidine groups is 1. The average Bonchev–Trinajstić information content (AvgIpc) is 3.38. The first-order valence-corrected chi connectivity index (χ1v) is 11.1. The second kappa shape index (κ2) is 12.0. The molecule has 1 fully saturated rings. The van der Waals surface area contributed by atoms with Crippen LogP contribution >= 0.6 is 24.0 Å². The van der Waals surface area contributed by atoms with Crippen LogP contribution in [0.15, 0.2) is 78.0 Å². The second-order valence-electron chi connectivity index (χ2n) is 8.09. The zero-order valence-corrected chi connectivity index (χ0v) is 21.1. The average molecular weight is 544 g/mol. The number of hydrogen-bond acceptors (Lipinski definition) is 3. The lowest BCUT2D eigenvalue weighted by Gasteiger charge is -2.37. The summed E-state index contributed by atoms with van der Waals surface area (Å²) in [6.07, 6.45) is 5.99. The normalized spacial score (nSPS) is 16.2. The highest BCUT2D eigenvalue weighted by atomic mass is 127. The number of piperidine rings is 1. The lowest BCUT2D eigenvalue weighted by atomic mass is 10.0. The molecule has 1 aromatic heterocycles. The minimum atomic E-state index is 0. The van der Waals surface area contributed by atoms with Gasteiger partial charge >= 0.3 is 0 Å². The van der Waals surface area contributed by atoms with E-state index in [-0.39, 0.29) is 24.0 Å². The van der Waals surface area contributed by atoms with E-state index >= 15 is 0 Å². The van der Waals surface area contributed by atoms with E-state index in [1.165, 1.54) is 11.1 Å². The van der Waals surface area contributed by atoms with Crippen molar-refractivity contribution in [3.05, 3.63) is 84.2 Å². The Balaban J connectivity index is 0.00000289. The molecule has 0 bridgehead atoms. The van der Waals surface area contributed by atoms with Gasteiger partial charge in [-0.25, -0.2) is 4.68 Å². The minimum absolute atomic E-state index is 0. The summed E-state index contributed by atoms with van der Waals surface area (Å²) in [5.74, 6) is 0.860. The number of rotatable bonds is 6. The Hall–Kier alpha value is -2.39. The summed E-state index contributed by atoms with van der Waals surface area (Å²) in [6.45, 7) is 5.22. The molecule has 2 aromatic carbocycles. The molecule has 1 saturated heterocycles. The first-order valence-electron chi connectivity index (χ1n) is 11.1. The van der Waals surface area contributed by atoms with E-state index in [1.54, 1.807) is 6.20 Å². The van der Waals surface area contributed by atoms with Crippen LogP contribution in [0.3, 0.4) is 0 Å². The quantitative estimate of drug-likeness (QED) is 0.275. The molecule has 2 heterocycles. The van der Waals surface area contributed by atoms with Crippen molar-refractivity contribution in [2.24, 2.45) is 4.99 Å². The summed E-state index contributed by atoms with van der Waals surface area (Å²) in [7, 11) is 1.84. The van der Waals surface area contributed by atoms with Gasteiger partial charge in [-0.05, 0) is 49.1 Å². The van der Waals surface area contributed by atoms with Gasteiger partial charge in [0.05, 0.1) is 5.69 Å². The van der Waals surface area contributed by atoms with Gasteiger partial charge in [-0.1, -0.05) is 42.5 Å². The summed E-state index contributed by atoms with van der Waals surface area (Å²) in [6, 6.07) is 22.0. The van der Waals surface area contributed by atoms with Crippen molar-refractivity contribution < 1.29 is 0 Å². The Morgan fingerprint density at radius 3 is 2.56 bits per heavy atom. The summed E-state index contributed by atoms with van der Waals surface area (Å²) >= 11 is 0. The van der Waals surface area contributed by atoms with Gasteiger partial charge in [-0.15, -0.1) is 24.0 Å². The zero-order valence-electron chi connectivity index (χ0n) is 18.8. The summed E-state index contributed by atoms with van der Waals surface area (Å²) in [4.78, 5) is 7.01. The molecule has 1 atom stereocenters. The van der Waals surface area contributed by atoms with E-state index in [0.717, 1.165) is 44.1 Å². The van der Waals surface area contributed by atoms with Crippen molar-refractivity contribution in [3.63, 3.8) is 0 Å². The molecule has 170 valence electrons. The van der Waals surface area contributed by atoms with Crippen LogP contribution in [-0.4, -0.2) is 46.8 Å². The Morgan fingerprint density at radius 1 is 1.09 bits per heavy atom. The fourth-order valence-corrected chi connectivity index (χ4v) is 4.18. The third kappa shape index (κ3) is 6.32. The predicted octanol–water partition coefficient (Wildman–Crippen LogP) is 4.38. The van der Waals surface area contributed by atoms with E-state index in [9.17, 15) is 0 Å². The van der Waals surface area contributed by atoms with E-state index in [2.05, 4.69) is 87.1 Å². The van der Waals surface area contributed by atoms with Gasteiger partial charge in [0.1, 0.15) is 0 Å². The third-order valence-corrected chi connectivity index (χ3v) is 6.06. The number of halogens is 1. The molecule has 0 saturated carbocycles. The van der Waals surface area contributed by atoms with Gasteiger partial charge in [0.25, 0.3) is 0 Å². The molecule has 6 nitrogen and oxygen atoms in total. The molecule has 0 aliphatic carbocycles. The van der Waals surface area contributed by atoms with E-state index in [4.69, 9.17) is 0 Å². The predicted molar refractivity (Wildman–Crippen MR) is 142 cm³/mol. The van der Waals surface area contributed by atoms with Crippen LogP contribution in [-0.2, 0) is 6.54 Å². The second-order valence-corrected chi connectivity index (χ2v) is 8.09. The molecule has 7 heteroatoms. The van der Waals surface area contributed by atoms with Crippen LogP contribution in [0.4, 0.5) is 0 Å². The molecule has 1 aliphatic rings. The standard InChI is InChI=1S/C25H32N6.HI/c1-20(22-9-4-3-5-10-22)30-16-12-23(13-17-30)29-25(26-2)27-19-21-8-6-11-24(18-21)31-15-7-14-28-31;/h3-11,14-15,18,20,23H,12-13,16-17,19H2,1-2H3,(H2,26,27,29);1H. The number of nitrogens with one attached hydrogen (secondary N) is 2. The maximum absolute atomic E-state index is 4.43. The highest BCUT2D eigenvalue weighted by Gasteiger charge is 2.24. The molecule has 4 rings (SSSR count). The Kier molecular flexibility index (Phi) is 9.11. The first kappa shape index (κ1) is 24.3. The fourth-order valence-electron chi connectivity index (χ4n) is 4.18. The molecule has 0 amide bonds. The first-order chi connectivity index (χ1) is 15.2. The largest absolute Gasteiger partial charge is 0.354 e. The molecule has 0 radical (unpaired) electrons. The van der Waals surface area contributed by atoms with Crippen LogP contribution in [0.5, 0.6) is 0 Å². The van der Waals surface area contributed by atoms with E-state index < -0.39 is 0 Å². The van der Waals surface area contributed by atoms with Crippen LogP contribution in [0.1, 0.15) is 36.9 Å². The van der Waals surface area contributed by atoms with Crippen LogP contribution in [0.2, 0.25) is 0 Å². The molecule has 2 N–H and O–H groups in total. The maximum Gasteiger partial charge on any atom is 0.191 e. The molecule has 1 aliphatic heterocycles. The van der Waals surface area contributed by atoms with Crippen molar-refractivity contribution in [2.45, 2.75) is 38.4 Å². The third-order valence-electron chi connectivity index (χ3n) is 6.06. The summed E-state index contributed by atoms with van der Waals surface area (Å²) in [5, 5.41) is 11.4. The van der Waals surface area contributed by atoms with E-state index in [1.807, 2.05) is 24.0 Å². The number of hydrogen-bond donors (Lipinski definition) is 2. The number of likely N-dealkylation sites (tertiary alicyclic amines) is 1. The lowest BCUT2D eigenvalue weighted by Crippen LogP contribution is -2.48. The summed E-state index contributed by atoms with van der Waals surface area (Å²) in [5.41, 5.74) is 3.65. The zero-order chi connectivity index (χ0) is 21.5. The van der Waals surface area contributed by atoms with E-state index in [0.29, 0.717) is 12.1 Å². The van der Waals surface area contributed by atoms with Crippen LogP contribution < -0.4 is 10.6 Å². The molecule has 3 aromatic rings. The van der Waals surface area contributed by atoms with Crippen molar-refractivity contribution in [3.8, 4) is 5.69 Å². The van der Waals surface area contributed by atoms with Crippen molar-refractivity contribution >= 4 is 29.9 Å². The van der Waals surface area contributed by atoms with Crippen molar-refractivity contribution in [1.29, 1.82) is 0 Å². The lowest BCUT2D eigenvalue weighted by molar-refractivity contribution is 0.158. The van der Waals surface area contributed by atoms with Gasteiger partial charge < -0.3 is 10.6 Å². The fraction of sp³-hybridized carbons (Fsp3) is 0.360. The summed E-state index contributed by atoms with van der Waals surface area (Å²) < 4.78 is 1.88. The van der Waals surface area contributed by atoms with Gasteiger partial charge in [-0.2, -0.15) is 5.10 Å². The molecular formula is C25H33IN6. The number of nitrogens with zero attached hydrogens (tertiary/aromatic N) is 4. The highest BCUT2D eigenvalue weighted by Crippen LogP contribution is 2.24. The van der Waals surface area contributed by atoms with Crippen LogP contribution in [0.25, 0.3) is 5.69 Å². The Morgan fingerprint density at radius 2 is 1.88 bits per heavy atom. The SMILES string of the molecule is CN=C(NCc1cccc(-n2cccn2)c1)NC1CCN(C(C)c2ccccc2)CC1.I. The highest BCUT2D eigenvalue weighted by molar-refractivity contribution is 14.0. The van der Waals surface area contributed by atoms with Gasteiger partial charge in [0, 0.05) is 51.2 Å². The maximum atomic E-state index is 4.43. The van der Waals surface area contributed by atoms with Crippen LogP contribution in [0, 0.1) is 0 Å². The number of aliphatic imine (C=N–C) groups is 1. The van der Waals surface area contributed by atoms with Gasteiger partial charge in [0.15, 0.2) is 5.96 Å². The molecule has 32 heavy (non-hydrogen) atoms. The number of aromatic nitrogens is 2. The topological polar surface area (TPSA) is 57.5 Å². The number of benzene rings is 2. The molecule has 1 unspecified atom stereocenters. The van der Waals surface area contributed by atoms with Crippen molar-refractivity contribution in [1.82, 2.24) is 25.3 Å². The Labute approximate surface area is 208 Å². The van der Waals surface area contributed by atoms with Gasteiger partial charge in [-0.3, -0.25) is 9.89 Å². The van der Waals surface area contributed by atoms with Crippen molar-refractivity contribution in [2.75, 3.05) is 20.1 Å². The molecule has 0 spiro atoms.